The average molecular weight is 547 g/mol. The van der Waals surface area contributed by atoms with Crippen molar-refractivity contribution >= 4 is 39.8 Å². The zero-order chi connectivity index (χ0) is 21.0. The Balaban J connectivity index is 0.00000320. The lowest BCUT2D eigenvalue weighted by Crippen LogP contribution is -2.50. The molecule has 9 heteroatoms. The number of nitrogens with one attached hydrogen (secondary N) is 1. The fourth-order valence-electron chi connectivity index (χ4n) is 3.35. The van der Waals surface area contributed by atoms with Gasteiger partial charge in [0.2, 0.25) is 0 Å². The maximum Gasteiger partial charge on any atom is 0.194 e. The summed E-state index contributed by atoms with van der Waals surface area (Å²) in [6, 6.07) is 13.2. The minimum Gasteiger partial charge on any atom is -0.367 e. The third-order valence-corrected chi connectivity index (χ3v) is 5.94. The van der Waals surface area contributed by atoms with E-state index in [-0.39, 0.29) is 42.0 Å². The molecule has 0 radical (unpaired) electrons. The van der Waals surface area contributed by atoms with Crippen molar-refractivity contribution in [3.8, 4) is 0 Å². The first-order chi connectivity index (χ1) is 13.8. The highest BCUT2D eigenvalue weighted by Gasteiger charge is 2.28. The SMILES string of the molecule is CN=C(NCc1ccc(S(C)(=O)=O)cc1)N1CC(C)OC(c2ccc(F)cc2)C1.I. The zero-order valence-corrected chi connectivity index (χ0v) is 20.4. The molecule has 1 heterocycles. The molecule has 0 saturated carbocycles. The molecular weight excluding hydrogens is 520 g/mol. The number of morpholine rings is 1. The van der Waals surface area contributed by atoms with Crippen LogP contribution in [-0.4, -0.2) is 51.8 Å². The molecule has 1 N–H and O–H groups in total. The summed E-state index contributed by atoms with van der Waals surface area (Å²) in [5.41, 5.74) is 1.88. The molecule has 2 aromatic carbocycles. The van der Waals surface area contributed by atoms with Gasteiger partial charge in [0.05, 0.1) is 17.5 Å². The van der Waals surface area contributed by atoms with E-state index in [0.717, 1.165) is 17.1 Å². The molecular formula is C21H27FIN3O3S. The molecule has 3 rings (SSSR count). The fraction of sp³-hybridized carbons (Fsp3) is 0.381. The van der Waals surface area contributed by atoms with E-state index in [4.69, 9.17) is 4.74 Å². The van der Waals surface area contributed by atoms with Gasteiger partial charge in [0, 0.05) is 26.4 Å². The van der Waals surface area contributed by atoms with Crippen LogP contribution in [0.1, 0.15) is 24.2 Å². The van der Waals surface area contributed by atoms with Gasteiger partial charge in [-0.3, -0.25) is 4.99 Å². The van der Waals surface area contributed by atoms with E-state index in [1.54, 1.807) is 43.4 Å². The first kappa shape index (κ1) is 24.5. The highest BCUT2D eigenvalue weighted by molar-refractivity contribution is 14.0. The number of halogens is 2. The van der Waals surface area contributed by atoms with Gasteiger partial charge in [-0.15, -0.1) is 24.0 Å². The molecule has 2 unspecified atom stereocenters. The number of aliphatic imine (C=N–C) groups is 1. The Morgan fingerprint density at radius 3 is 2.37 bits per heavy atom. The van der Waals surface area contributed by atoms with Crippen molar-refractivity contribution in [3.63, 3.8) is 0 Å². The van der Waals surface area contributed by atoms with Crippen molar-refractivity contribution < 1.29 is 17.5 Å². The summed E-state index contributed by atoms with van der Waals surface area (Å²) in [7, 11) is -1.48. The van der Waals surface area contributed by atoms with E-state index >= 15 is 0 Å². The minimum absolute atomic E-state index is 0. The van der Waals surface area contributed by atoms with Crippen molar-refractivity contribution in [1.29, 1.82) is 0 Å². The lowest BCUT2D eigenvalue weighted by molar-refractivity contribution is -0.0605. The highest BCUT2D eigenvalue weighted by atomic mass is 127. The summed E-state index contributed by atoms with van der Waals surface area (Å²) in [5.74, 6) is 0.466. The third-order valence-electron chi connectivity index (χ3n) is 4.82. The Kier molecular flexibility index (Phi) is 8.62. The summed E-state index contributed by atoms with van der Waals surface area (Å²) < 4.78 is 42.4. The van der Waals surface area contributed by atoms with Crippen molar-refractivity contribution in [2.24, 2.45) is 4.99 Å². The van der Waals surface area contributed by atoms with E-state index in [1.165, 1.54) is 18.4 Å². The first-order valence-corrected chi connectivity index (χ1v) is 11.3. The van der Waals surface area contributed by atoms with Crippen LogP contribution in [0.15, 0.2) is 58.4 Å². The van der Waals surface area contributed by atoms with Gasteiger partial charge < -0.3 is 15.0 Å². The summed E-state index contributed by atoms with van der Waals surface area (Å²) >= 11 is 0. The van der Waals surface area contributed by atoms with E-state index in [0.29, 0.717) is 24.5 Å². The van der Waals surface area contributed by atoms with Gasteiger partial charge in [0.1, 0.15) is 11.9 Å². The largest absolute Gasteiger partial charge is 0.367 e. The number of nitrogens with zero attached hydrogens (tertiary/aromatic N) is 2. The minimum atomic E-state index is -3.20. The quantitative estimate of drug-likeness (QED) is 0.361. The molecule has 1 saturated heterocycles. The molecule has 2 atom stereocenters. The van der Waals surface area contributed by atoms with Crippen molar-refractivity contribution in [1.82, 2.24) is 10.2 Å². The second-order valence-corrected chi connectivity index (χ2v) is 9.22. The molecule has 1 aliphatic heterocycles. The Hall–Kier alpha value is -1.72. The van der Waals surface area contributed by atoms with Gasteiger partial charge in [-0.05, 0) is 42.3 Å². The van der Waals surface area contributed by atoms with Crippen LogP contribution in [0.25, 0.3) is 0 Å². The Labute approximate surface area is 194 Å². The molecule has 164 valence electrons. The van der Waals surface area contributed by atoms with E-state index in [9.17, 15) is 12.8 Å². The van der Waals surface area contributed by atoms with Crippen LogP contribution in [0.2, 0.25) is 0 Å². The Morgan fingerprint density at radius 2 is 1.80 bits per heavy atom. The second-order valence-electron chi connectivity index (χ2n) is 7.21. The van der Waals surface area contributed by atoms with Gasteiger partial charge in [-0.2, -0.15) is 0 Å². The summed E-state index contributed by atoms with van der Waals surface area (Å²) in [6.45, 7) is 3.80. The molecule has 1 fully saturated rings. The van der Waals surface area contributed by atoms with Crippen LogP contribution < -0.4 is 5.32 Å². The predicted octanol–water partition coefficient (Wildman–Crippen LogP) is 3.38. The highest BCUT2D eigenvalue weighted by Crippen LogP contribution is 2.25. The van der Waals surface area contributed by atoms with Crippen molar-refractivity contribution in [3.05, 3.63) is 65.5 Å². The average Bonchev–Trinajstić information content (AvgIpc) is 2.68. The Bertz CT molecular complexity index is 966. The number of sulfone groups is 1. The van der Waals surface area contributed by atoms with Gasteiger partial charge in [-0.1, -0.05) is 24.3 Å². The molecule has 0 amide bonds. The molecule has 0 spiro atoms. The molecule has 1 aliphatic rings. The maximum absolute atomic E-state index is 13.2. The van der Waals surface area contributed by atoms with E-state index in [2.05, 4.69) is 15.2 Å². The van der Waals surface area contributed by atoms with Gasteiger partial charge in [0.25, 0.3) is 0 Å². The zero-order valence-electron chi connectivity index (χ0n) is 17.2. The van der Waals surface area contributed by atoms with Gasteiger partial charge in [-0.25, -0.2) is 12.8 Å². The predicted molar refractivity (Wildman–Crippen MR) is 126 cm³/mol. The molecule has 0 aliphatic carbocycles. The molecule has 30 heavy (non-hydrogen) atoms. The Morgan fingerprint density at radius 1 is 1.17 bits per heavy atom. The fourth-order valence-corrected chi connectivity index (χ4v) is 3.98. The standard InChI is InChI=1S/C21H26FN3O3S.HI/c1-15-13-25(14-20(28-15)17-6-8-18(22)9-7-17)21(23-2)24-12-16-4-10-19(11-5-16)29(3,26)27;/h4-11,15,20H,12-14H2,1-3H3,(H,23,24);1H. The van der Waals surface area contributed by atoms with Crippen LogP contribution in [0.3, 0.4) is 0 Å². The van der Waals surface area contributed by atoms with Crippen LogP contribution in [0, 0.1) is 5.82 Å². The van der Waals surface area contributed by atoms with E-state index < -0.39 is 9.84 Å². The summed E-state index contributed by atoms with van der Waals surface area (Å²) in [4.78, 5) is 6.80. The van der Waals surface area contributed by atoms with Crippen molar-refractivity contribution in [2.75, 3.05) is 26.4 Å². The van der Waals surface area contributed by atoms with Crippen LogP contribution in [-0.2, 0) is 21.1 Å². The lowest BCUT2D eigenvalue weighted by atomic mass is 10.1. The normalized spacial score (nSPS) is 19.9. The first-order valence-electron chi connectivity index (χ1n) is 9.42. The smallest absolute Gasteiger partial charge is 0.194 e. The topological polar surface area (TPSA) is 71.0 Å². The summed E-state index contributed by atoms with van der Waals surface area (Å²) in [6.07, 6.45) is 1.01. The number of ether oxygens (including phenoxy) is 1. The van der Waals surface area contributed by atoms with Crippen LogP contribution in [0.5, 0.6) is 0 Å². The number of benzene rings is 2. The van der Waals surface area contributed by atoms with Crippen LogP contribution in [0.4, 0.5) is 4.39 Å². The number of hydrogen-bond donors (Lipinski definition) is 1. The number of rotatable bonds is 4. The molecule has 6 nitrogen and oxygen atoms in total. The van der Waals surface area contributed by atoms with Gasteiger partial charge in [0.15, 0.2) is 15.8 Å². The van der Waals surface area contributed by atoms with E-state index in [1.807, 2.05) is 6.92 Å². The second kappa shape index (κ2) is 10.5. The monoisotopic (exact) mass is 547 g/mol. The van der Waals surface area contributed by atoms with Crippen molar-refractivity contribution in [2.45, 2.75) is 30.6 Å². The maximum atomic E-state index is 13.2. The molecule has 0 bridgehead atoms. The lowest BCUT2D eigenvalue weighted by Gasteiger charge is -2.38. The van der Waals surface area contributed by atoms with Gasteiger partial charge >= 0.3 is 0 Å². The van der Waals surface area contributed by atoms with Crippen LogP contribution >= 0.6 is 24.0 Å². The number of guanidine groups is 1. The molecule has 2 aromatic rings. The molecule has 0 aromatic heterocycles. The third kappa shape index (κ3) is 6.39. The number of hydrogen-bond acceptors (Lipinski definition) is 4. The summed E-state index contributed by atoms with van der Waals surface area (Å²) in [5, 5.41) is 3.33.